The van der Waals surface area contributed by atoms with Crippen LogP contribution < -0.4 is 0 Å². The molecular weight excluding hydrogens is 986 g/mol. The molecule has 0 atom stereocenters. The van der Waals surface area contributed by atoms with Crippen molar-refractivity contribution in [3.05, 3.63) is 167 Å². The van der Waals surface area contributed by atoms with E-state index in [9.17, 15) is 6.48 Å². The Bertz CT molecular complexity index is 3620. The van der Waals surface area contributed by atoms with E-state index in [0.717, 1.165) is 39.1 Å². The fourth-order valence-corrected chi connectivity index (χ4v) is 8.06. The van der Waals surface area contributed by atoms with Gasteiger partial charge in [0, 0.05) is 57.9 Å². The number of hydrogen-bond acceptors (Lipinski definition) is 3. The third-order valence-corrected chi connectivity index (χ3v) is 11.9. The minimum absolute atomic E-state index is 0. The Balaban J connectivity index is 0.00000924. The average Bonchev–Trinajstić information content (AvgIpc) is 3.73. The summed E-state index contributed by atoms with van der Waals surface area (Å²) in [5.74, 6) is -0.446. The van der Waals surface area contributed by atoms with Gasteiger partial charge in [-0.1, -0.05) is 193 Å². The van der Waals surface area contributed by atoms with E-state index in [2.05, 4.69) is 85.1 Å². The summed E-state index contributed by atoms with van der Waals surface area (Å²) in [6, 6.07) is 32.7. The van der Waals surface area contributed by atoms with Crippen molar-refractivity contribution in [3.8, 4) is 67.5 Å². The molecule has 66 heavy (non-hydrogen) atoms. The zero-order chi connectivity index (χ0) is 58.7. The molecule has 0 unspecified atom stereocenters. The Hall–Kier alpha value is -5.57. The molecule has 4 nitrogen and oxygen atoms in total. The first-order valence-corrected chi connectivity index (χ1v) is 22.0. The third-order valence-electron chi connectivity index (χ3n) is 11.9. The van der Waals surface area contributed by atoms with E-state index in [4.69, 9.17) is 27.8 Å². The molecule has 1 N–H and O–H groups in total. The largest absolute Gasteiger partial charge is 0.507 e. The second kappa shape index (κ2) is 17.9. The summed E-state index contributed by atoms with van der Waals surface area (Å²) in [7, 11) is 0. The molecule has 8 aromatic rings. The first-order chi connectivity index (χ1) is 36.2. The van der Waals surface area contributed by atoms with Crippen molar-refractivity contribution in [2.75, 3.05) is 0 Å². The average molecular weight is 1070 g/mol. The normalized spacial score (nSPS) is 16.3. The minimum atomic E-state index is -3.82. The van der Waals surface area contributed by atoms with Gasteiger partial charge in [0.1, 0.15) is 11.6 Å². The van der Waals surface area contributed by atoms with Gasteiger partial charge >= 0.3 is 0 Å². The van der Waals surface area contributed by atoms with Gasteiger partial charge in [-0.15, -0.1) is 29.3 Å². The molecule has 0 radical (unpaired) electrons. The van der Waals surface area contributed by atoms with Gasteiger partial charge in [-0.05, 0) is 96.8 Å². The Morgan fingerprint density at radius 3 is 1.92 bits per heavy atom. The number of nitrogens with zero attached hydrogens (tertiary/aromatic N) is 3. The Labute approximate surface area is 428 Å². The number of fused-ring (bicyclic) bond motifs is 1. The van der Waals surface area contributed by atoms with Crippen LogP contribution in [0.2, 0.25) is 0 Å². The second-order valence-corrected chi connectivity index (χ2v) is 20.4. The predicted octanol–water partition coefficient (Wildman–Crippen LogP) is 16.6. The van der Waals surface area contributed by atoms with Crippen LogP contribution in [0.5, 0.6) is 5.75 Å². The van der Waals surface area contributed by atoms with E-state index in [1.807, 2.05) is 92.7 Å². The predicted molar refractivity (Wildman–Crippen MR) is 275 cm³/mol. The Morgan fingerprint density at radius 2 is 1.29 bits per heavy atom. The van der Waals surface area contributed by atoms with Gasteiger partial charge in [0.25, 0.3) is 0 Å². The molecule has 0 amide bonds. The smallest absolute Gasteiger partial charge is 0.148 e. The van der Waals surface area contributed by atoms with Crippen LogP contribution in [0.15, 0.2) is 133 Å². The van der Waals surface area contributed by atoms with Crippen molar-refractivity contribution in [3.63, 3.8) is 0 Å². The fraction of sp³-hybridized carbons (Fsp3) is 0.311. The van der Waals surface area contributed by atoms with Crippen LogP contribution in [0.1, 0.15) is 150 Å². The molecule has 0 spiro atoms. The molecule has 0 saturated heterocycles. The molecule has 5 heteroatoms. The van der Waals surface area contributed by atoms with Gasteiger partial charge < -0.3 is 5.11 Å². The Morgan fingerprint density at radius 1 is 0.621 bits per heavy atom. The second-order valence-electron chi connectivity index (χ2n) is 20.4. The number of aromatic nitrogens is 3. The number of benzene rings is 6. The maximum absolute atomic E-state index is 12.6. The topological polar surface area (TPSA) is 50.9 Å². The molecule has 2 aromatic heterocycles. The monoisotopic (exact) mass is 1070 g/mol. The molecule has 0 aliphatic rings. The number of hydrogen-bond donors (Lipinski definition) is 1. The quantitative estimate of drug-likeness (QED) is 0.162. The third kappa shape index (κ3) is 9.77. The summed E-state index contributed by atoms with van der Waals surface area (Å²) in [5, 5.41) is 12.6. The fourth-order valence-electron chi connectivity index (χ4n) is 8.06. The number of aromatic hydroxyl groups is 1. The van der Waals surface area contributed by atoms with E-state index in [-0.39, 0.29) is 43.4 Å². The summed E-state index contributed by atoms with van der Waals surface area (Å²) in [6.45, 7) is 11.0. The number of para-hydroxylation sites is 1. The van der Waals surface area contributed by atoms with E-state index in [0.29, 0.717) is 44.8 Å². The first kappa shape index (κ1) is 33.0. The van der Waals surface area contributed by atoms with Crippen molar-refractivity contribution in [1.29, 1.82) is 0 Å². The van der Waals surface area contributed by atoms with Gasteiger partial charge in [-0.2, -0.15) is 0 Å². The number of rotatable bonds is 7. The molecule has 0 fully saturated rings. The maximum atomic E-state index is 12.6. The summed E-state index contributed by atoms with van der Waals surface area (Å²) < 4.78 is 122. The van der Waals surface area contributed by atoms with Crippen LogP contribution in [0.25, 0.3) is 72.7 Å². The molecule has 0 aliphatic heterocycles. The number of imidazole rings is 1. The van der Waals surface area contributed by atoms with Gasteiger partial charge in [-0.25, -0.2) is 4.98 Å². The van der Waals surface area contributed by atoms with Gasteiger partial charge in [0.2, 0.25) is 0 Å². The minimum Gasteiger partial charge on any atom is -0.507 e. The molecule has 6 aromatic carbocycles. The maximum Gasteiger partial charge on any atom is 0.148 e. The van der Waals surface area contributed by atoms with Crippen molar-refractivity contribution in [2.24, 2.45) is 0 Å². The van der Waals surface area contributed by atoms with Crippen molar-refractivity contribution < 1.29 is 45.4 Å². The summed E-state index contributed by atoms with van der Waals surface area (Å²) >= 11 is 0. The van der Waals surface area contributed by atoms with Gasteiger partial charge in [0.15, 0.2) is 0 Å². The van der Waals surface area contributed by atoms with Crippen molar-refractivity contribution >= 4 is 11.0 Å². The zero-order valence-electron chi connectivity index (χ0n) is 53.5. The summed E-state index contributed by atoms with van der Waals surface area (Å²) in [6.07, 6.45) is 1.41. The molecule has 0 bridgehead atoms. The Kier molecular flexibility index (Phi) is 8.95. The van der Waals surface area contributed by atoms with E-state index >= 15 is 0 Å². The molecule has 2 heterocycles. The van der Waals surface area contributed by atoms with Crippen LogP contribution in [0, 0.1) is 6.07 Å². The van der Waals surface area contributed by atoms with E-state index in [1.54, 1.807) is 0 Å². The number of phenols is 1. The zero-order valence-corrected chi connectivity index (χ0v) is 41.8. The van der Waals surface area contributed by atoms with E-state index < -0.39 is 72.4 Å². The van der Waals surface area contributed by atoms with Crippen LogP contribution in [0.3, 0.4) is 0 Å². The molecule has 8 rings (SSSR count). The van der Waals surface area contributed by atoms with E-state index in [1.165, 1.54) is 18.3 Å². The molecule has 342 valence electrons. The van der Waals surface area contributed by atoms with Crippen molar-refractivity contribution in [1.82, 2.24) is 14.5 Å². The molecule has 0 saturated carbocycles. The van der Waals surface area contributed by atoms with Crippen LogP contribution in [-0.2, 0) is 42.7 Å². The van der Waals surface area contributed by atoms with Gasteiger partial charge in [-0.3, -0.25) is 9.55 Å². The molecule has 0 aliphatic carbocycles. The summed E-state index contributed by atoms with van der Waals surface area (Å²) in [4.78, 5) is 10.2. The SMILES string of the molecule is [2H]c1c([2H])c(C(C([2H])([2H])[2H])(C([2H])([2H])[2H])C([2H])([2H])[2H])c([2H])c([2H])c1-c1ccnc(-c2[c-]c(-c3cccc4c3nc(-c3cc(C(C)(C)C)cc(C(C)(C)C)c3O)n4-c3cc(-c4ccccc4)cc(C([2H])(C)C)c3)cc(C(C)(C)C)c2)c1.[Pt]. The number of phenolic OH excluding ortho intramolecular Hbond substituents is 1. The van der Waals surface area contributed by atoms with Crippen molar-refractivity contribution in [2.45, 2.75) is 124 Å². The van der Waals surface area contributed by atoms with Crippen LogP contribution >= 0.6 is 0 Å². The van der Waals surface area contributed by atoms with Gasteiger partial charge in [0.05, 0.1) is 22.1 Å². The van der Waals surface area contributed by atoms with Crippen LogP contribution in [-0.4, -0.2) is 19.6 Å². The van der Waals surface area contributed by atoms with Crippen LogP contribution in [0.4, 0.5) is 0 Å². The summed E-state index contributed by atoms with van der Waals surface area (Å²) in [5.41, 5.74) is 3.35. The first-order valence-electron chi connectivity index (χ1n) is 29.0. The number of pyridine rings is 1. The standard InChI is InChI=1S/C61H66N3O.Pt/c1-38(2)42-29-43(39-19-16-15-17-20-39)34-49(33-42)64-54-22-18-21-50(55(54)63-57(64)51-36-48(60(9,10)11)37-52(56(51)65)61(12,13)14)44-30-45(32-47(31-44)59(6,7)8)53-35-41(27-28-62-53)40-23-25-46(26-24-40)58(3,4)5;/h15-29,31-38,65H,1-14H3;/q-1;/i3D3,4D3,5D3,23D,24D,25D,26D,38D;. The molecular formula is C61H66N3OPt-.